The first kappa shape index (κ1) is 23.4. The SMILES string of the molecule is CC1(OC(=O)c2ccc(C(=O)OC(c3ccccc3)C(F)(F)C(=O)O)cc2)CCCCC1. The molecule has 6 nitrogen and oxygen atoms in total. The number of carboxylic acid groups (broad SMARTS) is 1. The molecule has 1 aliphatic carbocycles. The van der Waals surface area contributed by atoms with Gasteiger partial charge in [-0.15, -0.1) is 0 Å². The number of benzene rings is 2. The molecule has 0 radical (unpaired) electrons. The number of carboxylic acids is 1. The monoisotopic (exact) mass is 446 g/mol. The lowest BCUT2D eigenvalue weighted by Gasteiger charge is -2.33. The Bertz CT molecular complexity index is 966. The highest BCUT2D eigenvalue weighted by Crippen LogP contribution is 2.36. The van der Waals surface area contributed by atoms with E-state index < -0.39 is 35.5 Å². The molecule has 0 bridgehead atoms. The molecule has 0 aliphatic heterocycles. The Morgan fingerprint density at radius 2 is 1.44 bits per heavy atom. The predicted molar refractivity (Wildman–Crippen MR) is 111 cm³/mol. The lowest BCUT2D eigenvalue weighted by molar-refractivity contribution is -0.183. The van der Waals surface area contributed by atoms with Crippen molar-refractivity contribution in [3.63, 3.8) is 0 Å². The van der Waals surface area contributed by atoms with Crippen molar-refractivity contribution in [1.82, 2.24) is 0 Å². The first-order valence-electron chi connectivity index (χ1n) is 10.3. The van der Waals surface area contributed by atoms with Gasteiger partial charge in [-0.1, -0.05) is 36.8 Å². The van der Waals surface area contributed by atoms with Gasteiger partial charge in [-0.25, -0.2) is 14.4 Å². The molecule has 0 spiro atoms. The largest absolute Gasteiger partial charge is 0.477 e. The minimum Gasteiger partial charge on any atom is -0.477 e. The van der Waals surface area contributed by atoms with Crippen LogP contribution in [-0.2, 0) is 14.3 Å². The summed E-state index contributed by atoms with van der Waals surface area (Å²) in [5, 5.41) is 8.92. The summed E-state index contributed by atoms with van der Waals surface area (Å²) in [6.07, 6.45) is 2.32. The maximum absolute atomic E-state index is 14.3. The van der Waals surface area contributed by atoms with Crippen molar-refractivity contribution in [2.45, 2.75) is 56.7 Å². The Kier molecular flexibility index (Phi) is 6.91. The highest BCUT2D eigenvalue weighted by molar-refractivity contribution is 5.93. The lowest BCUT2D eigenvalue weighted by Crippen LogP contribution is -2.38. The van der Waals surface area contributed by atoms with Gasteiger partial charge < -0.3 is 14.6 Å². The molecule has 8 heteroatoms. The van der Waals surface area contributed by atoms with Crippen molar-refractivity contribution >= 4 is 17.9 Å². The molecule has 1 atom stereocenters. The molecule has 1 saturated carbocycles. The number of aliphatic carboxylic acids is 1. The summed E-state index contributed by atoms with van der Waals surface area (Å²) in [4.78, 5) is 36.0. The van der Waals surface area contributed by atoms with E-state index in [-0.39, 0.29) is 16.7 Å². The van der Waals surface area contributed by atoms with Gasteiger partial charge in [-0.3, -0.25) is 0 Å². The zero-order valence-electron chi connectivity index (χ0n) is 17.6. The Hall–Kier alpha value is -3.29. The first-order valence-corrected chi connectivity index (χ1v) is 10.3. The number of alkyl halides is 2. The summed E-state index contributed by atoms with van der Waals surface area (Å²) in [5.74, 6) is -8.42. The standard InChI is InChI=1S/C24H24F2O6/c1-23(14-6-3-7-15-23)32-21(28)18-12-10-17(11-13-18)20(27)31-19(24(25,26)22(29)30)16-8-4-2-5-9-16/h2,4-5,8-13,19H,3,6-7,14-15H2,1H3,(H,29,30). The zero-order chi connectivity index (χ0) is 23.4. The molecular weight excluding hydrogens is 422 g/mol. The fourth-order valence-electron chi connectivity index (χ4n) is 3.69. The lowest BCUT2D eigenvalue weighted by atomic mass is 9.86. The summed E-state index contributed by atoms with van der Waals surface area (Å²) in [6.45, 7) is 1.89. The molecule has 0 amide bonds. The number of hydrogen-bond donors (Lipinski definition) is 1. The van der Waals surface area contributed by atoms with E-state index in [0.717, 1.165) is 32.1 Å². The van der Waals surface area contributed by atoms with E-state index >= 15 is 0 Å². The fraction of sp³-hybridized carbons (Fsp3) is 0.375. The third-order valence-electron chi connectivity index (χ3n) is 5.55. The van der Waals surface area contributed by atoms with Crippen molar-refractivity contribution in [3.8, 4) is 0 Å². The second kappa shape index (κ2) is 9.46. The molecule has 0 heterocycles. The van der Waals surface area contributed by atoms with Crippen molar-refractivity contribution in [1.29, 1.82) is 0 Å². The Labute approximate surface area is 184 Å². The second-order valence-electron chi connectivity index (χ2n) is 8.10. The minimum atomic E-state index is -4.34. The van der Waals surface area contributed by atoms with E-state index in [1.165, 1.54) is 48.5 Å². The van der Waals surface area contributed by atoms with Gasteiger partial charge in [0, 0.05) is 0 Å². The average molecular weight is 446 g/mol. The number of ether oxygens (including phenoxy) is 2. The minimum absolute atomic E-state index is 0.104. The third-order valence-corrected chi connectivity index (χ3v) is 5.55. The van der Waals surface area contributed by atoms with E-state index in [1.807, 2.05) is 6.92 Å². The fourth-order valence-corrected chi connectivity index (χ4v) is 3.69. The van der Waals surface area contributed by atoms with Crippen LogP contribution in [0.25, 0.3) is 0 Å². The quantitative estimate of drug-likeness (QED) is 0.589. The van der Waals surface area contributed by atoms with Crippen molar-refractivity contribution in [3.05, 3.63) is 71.3 Å². The van der Waals surface area contributed by atoms with Gasteiger partial charge in [0.05, 0.1) is 11.1 Å². The maximum atomic E-state index is 14.3. The predicted octanol–water partition coefficient (Wildman–Crippen LogP) is 5.18. The highest BCUT2D eigenvalue weighted by Gasteiger charge is 2.51. The number of rotatable bonds is 7. The van der Waals surface area contributed by atoms with E-state index in [0.29, 0.717) is 0 Å². The molecule has 2 aromatic rings. The van der Waals surface area contributed by atoms with Crippen LogP contribution in [0.4, 0.5) is 8.78 Å². The van der Waals surface area contributed by atoms with Gasteiger partial charge in [0.15, 0.2) is 0 Å². The zero-order valence-corrected chi connectivity index (χ0v) is 17.6. The van der Waals surface area contributed by atoms with Gasteiger partial charge in [0.25, 0.3) is 0 Å². The van der Waals surface area contributed by atoms with E-state index in [1.54, 1.807) is 6.07 Å². The second-order valence-corrected chi connectivity index (χ2v) is 8.10. The van der Waals surface area contributed by atoms with Gasteiger partial charge in [0.1, 0.15) is 5.60 Å². The Balaban J connectivity index is 1.74. The number of esters is 2. The van der Waals surface area contributed by atoms with Gasteiger partial charge >= 0.3 is 23.8 Å². The normalized spacial score (nSPS) is 16.6. The van der Waals surface area contributed by atoms with Gasteiger partial charge in [-0.05, 0) is 62.4 Å². The van der Waals surface area contributed by atoms with Crippen LogP contribution >= 0.6 is 0 Å². The smallest absolute Gasteiger partial charge is 0.382 e. The Morgan fingerprint density at radius 1 is 0.906 bits per heavy atom. The van der Waals surface area contributed by atoms with E-state index in [2.05, 4.69) is 0 Å². The molecule has 1 N–H and O–H groups in total. The molecule has 1 aliphatic rings. The van der Waals surface area contributed by atoms with Crippen LogP contribution in [0, 0.1) is 0 Å². The molecule has 1 unspecified atom stereocenters. The number of halogens is 2. The van der Waals surface area contributed by atoms with E-state index in [9.17, 15) is 23.2 Å². The highest BCUT2D eigenvalue weighted by atomic mass is 19.3. The van der Waals surface area contributed by atoms with Crippen LogP contribution in [0.3, 0.4) is 0 Å². The topological polar surface area (TPSA) is 89.9 Å². The molecule has 0 aromatic heterocycles. The molecule has 32 heavy (non-hydrogen) atoms. The summed E-state index contributed by atoms with van der Waals surface area (Å²) >= 11 is 0. The van der Waals surface area contributed by atoms with E-state index in [4.69, 9.17) is 14.6 Å². The molecular formula is C24H24F2O6. The van der Waals surface area contributed by atoms with Crippen molar-refractivity contribution in [2.75, 3.05) is 0 Å². The third kappa shape index (κ3) is 5.30. The summed E-state index contributed by atoms with van der Waals surface area (Å²) in [5.41, 5.74) is -0.580. The molecule has 1 fully saturated rings. The number of carbonyl (C=O) groups is 3. The van der Waals surface area contributed by atoms with Crippen LogP contribution in [-0.4, -0.2) is 34.5 Å². The van der Waals surface area contributed by atoms with Crippen LogP contribution in [0.5, 0.6) is 0 Å². The van der Waals surface area contributed by atoms with Crippen LogP contribution in [0.2, 0.25) is 0 Å². The molecule has 170 valence electrons. The average Bonchev–Trinajstić information content (AvgIpc) is 2.78. The summed E-state index contributed by atoms with van der Waals surface area (Å²) < 4.78 is 39.1. The molecule has 3 rings (SSSR count). The van der Waals surface area contributed by atoms with Crippen molar-refractivity contribution in [2.24, 2.45) is 0 Å². The van der Waals surface area contributed by atoms with Crippen molar-refractivity contribution < 1.29 is 37.7 Å². The summed E-state index contributed by atoms with van der Waals surface area (Å²) in [6, 6.07) is 12.1. The van der Waals surface area contributed by atoms with Crippen LogP contribution < -0.4 is 0 Å². The van der Waals surface area contributed by atoms with Gasteiger partial charge in [-0.2, -0.15) is 8.78 Å². The maximum Gasteiger partial charge on any atom is 0.382 e. The summed E-state index contributed by atoms with van der Waals surface area (Å²) in [7, 11) is 0. The Morgan fingerprint density at radius 3 is 1.97 bits per heavy atom. The van der Waals surface area contributed by atoms with Crippen LogP contribution in [0.1, 0.15) is 71.4 Å². The number of hydrogen-bond acceptors (Lipinski definition) is 5. The molecule has 2 aromatic carbocycles. The van der Waals surface area contributed by atoms with Crippen LogP contribution in [0.15, 0.2) is 54.6 Å². The van der Waals surface area contributed by atoms with Gasteiger partial charge in [0.2, 0.25) is 6.10 Å². The molecule has 0 saturated heterocycles. The first-order chi connectivity index (χ1) is 15.1. The number of carbonyl (C=O) groups excluding carboxylic acids is 2.